The Labute approximate surface area is 111 Å². The van der Waals surface area contributed by atoms with Crippen molar-refractivity contribution in [3.63, 3.8) is 0 Å². The van der Waals surface area contributed by atoms with Gasteiger partial charge in [0.1, 0.15) is 0 Å². The van der Waals surface area contributed by atoms with E-state index in [0.29, 0.717) is 6.04 Å². The first-order valence-electron chi connectivity index (χ1n) is 7.26. The van der Waals surface area contributed by atoms with Crippen molar-refractivity contribution in [2.45, 2.75) is 65.1 Å². The molecule has 0 saturated carbocycles. The fourth-order valence-electron chi connectivity index (χ4n) is 2.22. The Morgan fingerprint density at radius 1 is 1.22 bits per heavy atom. The van der Waals surface area contributed by atoms with E-state index in [2.05, 4.69) is 43.6 Å². The van der Waals surface area contributed by atoms with Gasteiger partial charge in [0.15, 0.2) is 0 Å². The summed E-state index contributed by atoms with van der Waals surface area (Å²) >= 11 is 0. The molecule has 0 radical (unpaired) electrons. The highest BCUT2D eigenvalue weighted by Crippen LogP contribution is 2.08. The van der Waals surface area contributed by atoms with Crippen LogP contribution in [0.3, 0.4) is 0 Å². The highest BCUT2D eigenvalue weighted by Gasteiger charge is 2.23. The predicted molar refractivity (Wildman–Crippen MR) is 75.5 cm³/mol. The van der Waals surface area contributed by atoms with Gasteiger partial charge >= 0.3 is 0 Å². The Morgan fingerprint density at radius 3 is 2.50 bits per heavy atom. The van der Waals surface area contributed by atoms with E-state index in [9.17, 15) is 4.79 Å². The number of nitrogens with one attached hydrogen (secondary N) is 3. The average molecular weight is 255 g/mol. The summed E-state index contributed by atoms with van der Waals surface area (Å²) in [6.45, 7) is 10.3. The van der Waals surface area contributed by atoms with Crippen molar-refractivity contribution in [1.29, 1.82) is 0 Å². The Kier molecular flexibility index (Phi) is 6.65. The van der Waals surface area contributed by atoms with Gasteiger partial charge in [0, 0.05) is 25.2 Å². The molecule has 3 atom stereocenters. The molecule has 0 aromatic carbocycles. The van der Waals surface area contributed by atoms with Crippen LogP contribution in [0, 0.1) is 5.92 Å². The van der Waals surface area contributed by atoms with Crippen LogP contribution in [0.15, 0.2) is 0 Å². The fraction of sp³-hybridized carbons (Fsp3) is 0.929. The summed E-state index contributed by atoms with van der Waals surface area (Å²) < 4.78 is 0. The van der Waals surface area contributed by atoms with Gasteiger partial charge in [-0.1, -0.05) is 26.7 Å². The molecule has 106 valence electrons. The van der Waals surface area contributed by atoms with Gasteiger partial charge < -0.3 is 16.0 Å². The zero-order chi connectivity index (χ0) is 13.5. The summed E-state index contributed by atoms with van der Waals surface area (Å²) in [7, 11) is 0. The molecule has 1 amide bonds. The summed E-state index contributed by atoms with van der Waals surface area (Å²) in [5, 5.41) is 9.69. The van der Waals surface area contributed by atoms with Crippen LogP contribution in [0.1, 0.15) is 47.0 Å². The Hall–Kier alpha value is -0.610. The molecule has 0 bridgehead atoms. The van der Waals surface area contributed by atoms with Crippen LogP contribution < -0.4 is 16.0 Å². The molecule has 1 aliphatic heterocycles. The fourth-order valence-corrected chi connectivity index (χ4v) is 2.22. The summed E-state index contributed by atoms with van der Waals surface area (Å²) in [4.78, 5) is 12.0. The zero-order valence-electron chi connectivity index (χ0n) is 12.3. The molecular formula is C14H29N3O. The largest absolute Gasteiger partial charge is 0.352 e. The topological polar surface area (TPSA) is 53.2 Å². The molecule has 1 aliphatic rings. The first-order chi connectivity index (χ1) is 8.49. The summed E-state index contributed by atoms with van der Waals surface area (Å²) in [5.41, 5.74) is 0. The second-order valence-electron chi connectivity index (χ2n) is 6.00. The molecule has 4 nitrogen and oxygen atoms in total. The zero-order valence-corrected chi connectivity index (χ0v) is 12.3. The lowest BCUT2D eigenvalue weighted by Crippen LogP contribution is -2.59. The van der Waals surface area contributed by atoms with Gasteiger partial charge in [-0.05, 0) is 26.2 Å². The number of piperazine rings is 1. The van der Waals surface area contributed by atoms with Crippen LogP contribution >= 0.6 is 0 Å². The molecule has 1 heterocycles. The molecule has 0 spiro atoms. The highest BCUT2D eigenvalue weighted by atomic mass is 16.2. The number of carbonyl (C=O) groups excluding carboxylic acids is 1. The summed E-state index contributed by atoms with van der Waals surface area (Å²) in [6, 6.07) is 0.656. The standard InChI is InChI=1S/C14H29N3O/c1-10(2)6-5-7-11(3)17-14(18)13-9-15-12(4)8-16-13/h10-13,15-16H,5-9H2,1-4H3,(H,17,18). The molecule has 0 aromatic rings. The van der Waals surface area contributed by atoms with Gasteiger partial charge in [0.05, 0.1) is 6.04 Å². The van der Waals surface area contributed by atoms with Gasteiger partial charge in [0.25, 0.3) is 0 Å². The first kappa shape index (κ1) is 15.4. The number of hydrogen-bond donors (Lipinski definition) is 3. The first-order valence-corrected chi connectivity index (χ1v) is 7.26. The predicted octanol–water partition coefficient (Wildman–Crippen LogP) is 1.27. The molecule has 1 rings (SSSR count). The highest BCUT2D eigenvalue weighted by molar-refractivity contribution is 5.82. The van der Waals surface area contributed by atoms with Crippen LogP contribution in [0.25, 0.3) is 0 Å². The number of carbonyl (C=O) groups is 1. The SMILES string of the molecule is CC(C)CCCC(C)NC(=O)C1CNC(C)CN1. The maximum Gasteiger partial charge on any atom is 0.238 e. The minimum atomic E-state index is -0.0752. The Bertz CT molecular complexity index is 247. The van der Waals surface area contributed by atoms with Gasteiger partial charge in [0.2, 0.25) is 5.91 Å². The second kappa shape index (κ2) is 7.74. The third-order valence-corrected chi connectivity index (χ3v) is 3.46. The number of amides is 1. The second-order valence-corrected chi connectivity index (χ2v) is 6.00. The molecule has 18 heavy (non-hydrogen) atoms. The minimum Gasteiger partial charge on any atom is -0.352 e. The summed E-state index contributed by atoms with van der Waals surface area (Å²) in [5.74, 6) is 0.880. The van der Waals surface area contributed by atoms with Crippen LogP contribution in [0.2, 0.25) is 0 Å². The minimum absolute atomic E-state index is 0.0752. The van der Waals surface area contributed by atoms with Crippen molar-refractivity contribution in [2.75, 3.05) is 13.1 Å². The smallest absolute Gasteiger partial charge is 0.238 e. The van der Waals surface area contributed by atoms with E-state index < -0.39 is 0 Å². The van der Waals surface area contributed by atoms with Crippen LogP contribution in [0.4, 0.5) is 0 Å². The van der Waals surface area contributed by atoms with E-state index in [-0.39, 0.29) is 18.0 Å². The van der Waals surface area contributed by atoms with Crippen molar-refractivity contribution in [1.82, 2.24) is 16.0 Å². The van der Waals surface area contributed by atoms with E-state index in [4.69, 9.17) is 0 Å². The lowest BCUT2D eigenvalue weighted by atomic mass is 10.0. The average Bonchev–Trinajstić information content (AvgIpc) is 2.29. The van der Waals surface area contributed by atoms with Gasteiger partial charge in [-0.3, -0.25) is 4.79 Å². The van der Waals surface area contributed by atoms with Crippen LogP contribution in [0.5, 0.6) is 0 Å². The lowest BCUT2D eigenvalue weighted by Gasteiger charge is -2.29. The van der Waals surface area contributed by atoms with E-state index >= 15 is 0 Å². The molecule has 3 unspecified atom stereocenters. The monoisotopic (exact) mass is 255 g/mol. The maximum atomic E-state index is 12.0. The molecule has 1 fully saturated rings. The molecule has 4 heteroatoms. The number of rotatable bonds is 6. The Balaban J connectivity index is 2.18. The maximum absolute atomic E-state index is 12.0. The normalized spacial score (nSPS) is 26.1. The molecule has 0 aliphatic carbocycles. The summed E-state index contributed by atoms with van der Waals surface area (Å²) in [6.07, 6.45) is 3.49. The van der Waals surface area contributed by atoms with Crippen molar-refractivity contribution < 1.29 is 4.79 Å². The van der Waals surface area contributed by atoms with Crippen molar-refractivity contribution >= 4 is 5.91 Å². The van der Waals surface area contributed by atoms with Crippen LogP contribution in [-0.2, 0) is 4.79 Å². The van der Waals surface area contributed by atoms with E-state index in [0.717, 1.165) is 25.4 Å². The third kappa shape index (κ3) is 5.83. The van der Waals surface area contributed by atoms with Gasteiger partial charge in [-0.15, -0.1) is 0 Å². The molecule has 0 aromatic heterocycles. The van der Waals surface area contributed by atoms with E-state index in [1.54, 1.807) is 0 Å². The lowest BCUT2D eigenvalue weighted by molar-refractivity contribution is -0.124. The third-order valence-electron chi connectivity index (χ3n) is 3.46. The quantitative estimate of drug-likeness (QED) is 0.670. The van der Waals surface area contributed by atoms with Crippen molar-refractivity contribution in [2.24, 2.45) is 5.92 Å². The van der Waals surface area contributed by atoms with Crippen LogP contribution in [-0.4, -0.2) is 37.1 Å². The van der Waals surface area contributed by atoms with E-state index in [1.807, 2.05) is 0 Å². The molecule has 1 saturated heterocycles. The van der Waals surface area contributed by atoms with Crippen molar-refractivity contribution in [3.8, 4) is 0 Å². The van der Waals surface area contributed by atoms with E-state index in [1.165, 1.54) is 12.8 Å². The van der Waals surface area contributed by atoms with Gasteiger partial charge in [-0.2, -0.15) is 0 Å². The Morgan fingerprint density at radius 2 is 1.94 bits per heavy atom. The van der Waals surface area contributed by atoms with Gasteiger partial charge in [-0.25, -0.2) is 0 Å². The molecule has 3 N–H and O–H groups in total. The van der Waals surface area contributed by atoms with Crippen molar-refractivity contribution in [3.05, 3.63) is 0 Å². The molecular weight excluding hydrogens is 226 g/mol. The number of hydrogen-bond acceptors (Lipinski definition) is 3.